The van der Waals surface area contributed by atoms with Crippen molar-refractivity contribution in [3.63, 3.8) is 0 Å². The van der Waals surface area contributed by atoms with E-state index in [9.17, 15) is 0 Å². The molecule has 1 fully saturated rings. The second-order valence-corrected chi connectivity index (χ2v) is 6.25. The first kappa shape index (κ1) is 14.3. The van der Waals surface area contributed by atoms with Crippen molar-refractivity contribution in [2.45, 2.75) is 38.1 Å². The Balaban J connectivity index is 2.04. The minimum absolute atomic E-state index is 0.437. The van der Waals surface area contributed by atoms with Gasteiger partial charge in [0.05, 0.1) is 5.52 Å². The Morgan fingerprint density at radius 1 is 1.24 bits per heavy atom. The molecule has 1 aromatic carbocycles. The summed E-state index contributed by atoms with van der Waals surface area (Å²) in [4.78, 5) is 7.54. The SMILES string of the molecule is CN(c1cc(C(N)=S)c2ccccc2n1)C1CCCCC1. The number of thiocarbonyl (C=S) groups is 1. The minimum atomic E-state index is 0.437. The second-order valence-electron chi connectivity index (χ2n) is 5.81. The molecule has 0 amide bonds. The Morgan fingerprint density at radius 2 is 1.95 bits per heavy atom. The molecule has 1 aromatic heterocycles. The highest BCUT2D eigenvalue weighted by Crippen LogP contribution is 2.28. The Labute approximate surface area is 131 Å². The first-order chi connectivity index (χ1) is 10.2. The molecule has 0 saturated heterocycles. The van der Waals surface area contributed by atoms with Gasteiger partial charge in [-0.25, -0.2) is 4.98 Å². The highest BCUT2D eigenvalue weighted by Gasteiger charge is 2.20. The number of benzene rings is 1. The molecule has 3 rings (SSSR count). The Kier molecular flexibility index (Phi) is 4.06. The predicted octanol–water partition coefficient (Wildman–Crippen LogP) is 3.64. The standard InChI is InChI=1S/C17H21N3S/c1-20(12-7-3-2-4-8-12)16-11-14(17(18)21)13-9-5-6-10-15(13)19-16/h5-6,9-12H,2-4,7-8H2,1H3,(H2,18,21). The summed E-state index contributed by atoms with van der Waals surface area (Å²) in [5, 5.41) is 1.03. The third-order valence-electron chi connectivity index (χ3n) is 4.45. The number of hydrogen-bond acceptors (Lipinski definition) is 3. The van der Waals surface area contributed by atoms with Gasteiger partial charge in [-0.2, -0.15) is 0 Å². The molecule has 1 heterocycles. The summed E-state index contributed by atoms with van der Waals surface area (Å²) in [5.41, 5.74) is 7.80. The molecule has 0 unspecified atom stereocenters. The topological polar surface area (TPSA) is 42.1 Å². The second kappa shape index (κ2) is 5.98. The van der Waals surface area contributed by atoms with Gasteiger partial charge in [0, 0.05) is 24.0 Å². The fourth-order valence-corrected chi connectivity index (χ4v) is 3.37. The average molecular weight is 299 g/mol. The molecular weight excluding hydrogens is 278 g/mol. The van der Waals surface area contributed by atoms with E-state index in [1.165, 1.54) is 32.1 Å². The monoisotopic (exact) mass is 299 g/mol. The van der Waals surface area contributed by atoms with E-state index in [0.29, 0.717) is 11.0 Å². The lowest BCUT2D eigenvalue weighted by atomic mass is 9.94. The minimum Gasteiger partial charge on any atom is -0.389 e. The van der Waals surface area contributed by atoms with Crippen LogP contribution in [0.2, 0.25) is 0 Å². The van der Waals surface area contributed by atoms with Gasteiger partial charge in [-0.05, 0) is 25.0 Å². The predicted molar refractivity (Wildman–Crippen MR) is 92.9 cm³/mol. The molecule has 1 saturated carbocycles. The van der Waals surface area contributed by atoms with Crippen LogP contribution in [-0.4, -0.2) is 23.1 Å². The van der Waals surface area contributed by atoms with Gasteiger partial charge in [-0.3, -0.25) is 0 Å². The molecule has 0 aliphatic heterocycles. The van der Waals surface area contributed by atoms with E-state index in [4.69, 9.17) is 22.9 Å². The summed E-state index contributed by atoms with van der Waals surface area (Å²) in [6.07, 6.45) is 6.46. The average Bonchev–Trinajstić information content (AvgIpc) is 2.53. The fraction of sp³-hybridized carbons (Fsp3) is 0.412. The molecule has 110 valence electrons. The molecule has 21 heavy (non-hydrogen) atoms. The molecule has 2 aromatic rings. The number of aromatic nitrogens is 1. The Hall–Kier alpha value is -1.68. The van der Waals surface area contributed by atoms with Crippen LogP contribution in [0.1, 0.15) is 37.7 Å². The van der Waals surface area contributed by atoms with Gasteiger partial charge in [0.2, 0.25) is 0 Å². The van der Waals surface area contributed by atoms with E-state index in [0.717, 1.165) is 22.3 Å². The lowest BCUT2D eigenvalue weighted by Crippen LogP contribution is -2.34. The molecule has 3 nitrogen and oxygen atoms in total. The van der Waals surface area contributed by atoms with Crippen molar-refractivity contribution in [2.75, 3.05) is 11.9 Å². The summed E-state index contributed by atoms with van der Waals surface area (Å²) < 4.78 is 0. The first-order valence-electron chi connectivity index (χ1n) is 7.59. The molecule has 0 atom stereocenters. The van der Waals surface area contributed by atoms with Gasteiger partial charge in [0.25, 0.3) is 0 Å². The summed E-state index contributed by atoms with van der Waals surface area (Å²) in [5.74, 6) is 0.975. The Morgan fingerprint density at radius 3 is 2.67 bits per heavy atom. The van der Waals surface area contributed by atoms with Gasteiger partial charge in [0.15, 0.2) is 0 Å². The zero-order chi connectivity index (χ0) is 14.8. The quantitative estimate of drug-likeness (QED) is 0.879. The number of anilines is 1. The van der Waals surface area contributed by atoms with Gasteiger partial charge < -0.3 is 10.6 Å². The van der Waals surface area contributed by atoms with Crippen LogP contribution < -0.4 is 10.6 Å². The van der Waals surface area contributed by atoms with Crippen molar-refractivity contribution in [1.82, 2.24) is 4.98 Å². The third-order valence-corrected chi connectivity index (χ3v) is 4.67. The number of fused-ring (bicyclic) bond motifs is 1. The summed E-state index contributed by atoms with van der Waals surface area (Å²) >= 11 is 5.22. The van der Waals surface area contributed by atoms with Crippen LogP contribution in [0, 0.1) is 0 Å². The van der Waals surface area contributed by atoms with Gasteiger partial charge in [-0.15, -0.1) is 0 Å². The maximum absolute atomic E-state index is 5.91. The highest BCUT2D eigenvalue weighted by molar-refractivity contribution is 7.80. The zero-order valence-corrected chi connectivity index (χ0v) is 13.2. The molecule has 0 bridgehead atoms. The largest absolute Gasteiger partial charge is 0.389 e. The number of rotatable bonds is 3. The van der Waals surface area contributed by atoms with Crippen LogP contribution in [-0.2, 0) is 0 Å². The first-order valence-corrected chi connectivity index (χ1v) is 8.00. The molecule has 1 aliphatic rings. The summed E-state index contributed by atoms with van der Waals surface area (Å²) in [6, 6.07) is 10.7. The number of nitrogens with two attached hydrogens (primary N) is 1. The molecule has 0 spiro atoms. The van der Waals surface area contributed by atoms with Crippen molar-refractivity contribution in [3.8, 4) is 0 Å². The molecule has 2 N–H and O–H groups in total. The lowest BCUT2D eigenvalue weighted by molar-refractivity contribution is 0.426. The van der Waals surface area contributed by atoms with E-state index >= 15 is 0 Å². The van der Waals surface area contributed by atoms with Crippen LogP contribution in [0.3, 0.4) is 0 Å². The smallest absolute Gasteiger partial charge is 0.129 e. The molecular formula is C17H21N3S. The van der Waals surface area contributed by atoms with Crippen LogP contribution >= 0.6 is 12.2 Å². The van der Waals surface area contributed by atoms with E-state index in [2.05, 4.69) is 11.9 Å². The van der Waals surface area contributed by atoms with Gasteiger partial charge >= 0.3 is 0 Å². The van der Waals surface area contributed by atoms with Crippen LogP contribution in [0.15, 0.2) is 30.3 Å². The van der Waals surface area contributed by atoms with E-state index < -0.39 is 0 Å². The molecule has 0 radical (unpaired) electrons. The number of hydrogen-bond donors (Lipinski definition) is 1. The number of para-hydroxylation sites is 1. The van der Waals surface area contributed by atoms with E-state index in [1.807, 2.05) is 30.3 Å². The van der Waals surface area contributed by atoms with Crippen LogP contribution in [0.25, 0.3) is 10.9 Å². The Bertz CT molecular complexity index is 662. The lowest BCUT2D eigenvalue weighted by Gasteiger charge is -2.32. The van der Waals surface area contributed by atoms with Crippen LogP contribution in [0.4, 0.5) is 5.82 Å². The van der Waals surface area contributed by atoms with E-state index in [1.54, 1.807) is 0 Å². The van der Waals surface area contributed by atoms with Gasteiger partial charge in [-0.1, -0.05) is 49.7 Å². The number of pyridine rings is 1. The highest BCUT2D eigenvalue weighted by atomic mass is 32.1. The van der Waals surface area contributed by atoms with Crippen molar-refractivity contribution in [1.29, 1.82) is 0 Å². The maximum Gasteiger partial charge on any atom is 0.129 e. The zero-order valence-electron chi connectivity index (χ0n) is 12.4. The van der Waals surface area contributed by atoms with Gasteiger partial charge in [0.1, 0.15) is 10.8 Å². The third kappa shape index (κ3) is 2.86. The maximum atomic E-state index is 5.91. The normalized spacial score (nSPS) is 16.0. The van der Waals surface area contributed by atoms with Crippen molar-refractivity contribution < 1.29 is 0 Å². The fourth-order valence-electron chi connectivity index (χ4n) is 3.20. The molecule has 4 heteroatoms. The molecule has 1 aliphatic carbocycles. The summed E-state index contributed by atoms with van der Waals surface area (Å²) in [6.45, 7) is 0. The van der Waals surface area contributed by atoms with Crippen LogP contribution in [0.5, 0.6) is 0 Å². The number of nitrogens with zero attached hydrogens (tertiary/aromatic N) is 2. The van der Waals surface area contributed by atoms with Crippen molar-refractivity contribution in [3.05, 3.63) is 35.9 Å². The van der Waals surface area contributed by atoms with Crippen molar-refractivity contribution >= 4 is 33.9 Å². The summed E-state index contributed by atoms with van der Waals surface area (Å²) in [7, 11) is 2.14. The van der Waals surface area contributed by atoms with E-state index in [-0.39, 0.29) is 0 Å². The van der Waals surface area contributed by atoms with Crippen molar-refractivity contribution in [2.24, 2.45) is 5.73 Å².